The van der Waals surface area contributed by atoms with Crippen molar-refractivity contribution in [3.63, 3.8) is 0 Å². The lowest BCUT2D eigenvalue weighted by molar-refractivity contribution is 0.169. The minimum Gasteiger partial charge on any atom is -0.439 e. The molecular formula is C14H20N4O5S2. The van der Waals surface area contributed by atoms with Gasteiger partial charge >= 0.3 is 0 Å². The van der Waals surface area contributed by atoms with Gasteiger partial charge in [0.2, 0.25) is 5.89 Å². The van der Waals surface area contributed by atoms with Gasteiger partial charge in [0.1, 0.15) is 5.52 Å². The van der Waals surface area contributed by atoms with Crippen molar-refractivity contribution in [2.45, 2.75) is 18.4 Å². The topological polar surface area (TPSA) is 127 Å². The molecule has 0 atom stereocenters. The van der Waals surface area contributed by atoms with E-state index < -0.39 is 20.0 Å². The van der Waals surface area contributed by atoms with Crippen LogP contribution in [0.5, 0.6) is 0 Å². The number of nitrogens with zero attached hydrogens (tertiary/aromatic N) is 3. The fraction of sp³-hybridized carbons (Fsp3) is 0.500. The van der Waals surface area contributed by atoms with Crippen molar-refractivity contribution in [1.82, 2.24) is 14.2 Å². The van der Waals surface area contributed by atoms with Gasteiger partial charge in [0, 0.05) is 26.2 Å². The summed E-state index contributed by atoms with van der Waals surface area (Å²) in [6.45, 7) is 3.68. The molecule has 3 rings (SSSR count). The molecule has 0 unspecified atom stereocenters. The number of hydrogen-bond acceptors (Lipinski definition) is 7. The summed E-state index contributed by atoms with van der Waals surface area (Å²) in [5.41, 5.74) is 1.01. The number of rotatable bonds is 5. The van der Waals surface area contributed by atoms with Crippen LogP contribution < -0.4 is 5.14 Å². The third kappa shape index (κ3) is 4.01. The maximum absolute atomic E-state index is 11.9. The number of fused-ring (bicyclic) bond motifs is 1. The molecule has 0 aliphatic carbocycles. The summed E-state index contributed by atoms with van der Waals surface area (Å²) in [5.74, 6) is 0.488. The molecule has 138 valence electrons. The summed E-state index contributed by atoms with van der Waals surface area (Å²) < 4.78 is 53.4. The van der Waals surface area contributed by atoms with Crippen LogP contribution in [0.25, 0.3) is 11.1 Å². The van der Waals surface area contributed by atoms with Crippen molar-refractivity contribution >= 4 is 31.1 Å². The Bertz CT molecular complexity index is 976. The quantitative estimate of drug-likeness (QED) is 0.760. The Kier molecular flexibility index (Phi) is 4.86. The van der Waals surface area contributed by atoms with E-state index >= 15 is 0 Å². The third-order valence-corrected chi connectivity index (χ3v) is 7.01. The minimum atomic E-state index is -3.65. The lowest BCUT2D eigenvalue weighted by Gasteiger charge is -2.31. The van der Waals surface area contributed by atoms with Crippen LogP contribution in [0.2, 0.25) is 0 Å². The number of oxazole rings is 1. The average Bonchev–Trinajstić information content (AvgIpc) is 2.95. The SMILES string of the molecule is CCS(=O)(=O)c1ccc2oc(CN3CCN(S(N)(=O)=O)CC3)nc2c1. The molecule has 0 spiro atoms. The molecule has 2 heterocycles. The van der Waals surface area contributed by atoms with Crippen LogP contribution in [-0.2, 0) is 26.6 Å². The summed E-state index contributed by atoms with van der Waals surface area (Å²) in [6.07, 6.45) is 0. The van der Waals surface area contributed by atoms with Crippen LogP contribution in [0.3, 0.4) is 0 Å². The lowest BCUT2D eigenvalue weighted by atomic mass is 10.3. The molecule has 1 saturated heterocycles. The molecule has 2 aromatic rings. The molecule has 1 aromatic heterocycles. The maximum Gasteiger partial charge on any atom is 0.276 e. The van der Waals surface area contributed by atoms with Crippen LogP contribution in [-0.4, -0.2) is 63.0 Å². The number of piperazine rings is 1. The van der Waals surface area contributed by atoms with Crippen molar-refractivity contribution in [2.75, 3.05) is 31.9 Å². The normalized spacial score (nSPS) is 18.0. The van der Waals surface area contributed by atoms with Gasteiger partial charge in [-0.05, 0) is 18.2 Å². The zero-order valence-corrected chi connectivity index (χ0v) is 15.4. The van der Waals surface area contributed by atoms with Crippen molar-refractivity contribution in [3.8, 4) is 0 Å². The zero-order valence-electron chi connectivity index (χ0n) is 13.8. The Morgan fingerprint density at radius 2 is 1.84 bits per heavy atom. The Labute approximate surface area is 146 Å². The van der Waals surface area contributed by atoms with Crippen LogP contribution in [0.1, 0.15) is 12.8 Å². The van der Waals surface area contributed by atoms with Crippen molar-refractivity contribution < 1.29 is 21.3 Å². The molecule has 1 aromatic carbocycles. The second kappa shape index (κ2) is 6.65. The van der Waals surface area contributed by atoms with Crippen molar-refractivity contribution in [1.29, 1.82) is 0 Å². The molecule has 9 nitrogen and oxygen atoms in total. The Balaban J connectivity index is 1.73. The first-order chi connectivity index (χ1) is 11.7. The van der Waals surface area contributed by atoms with Gasteiger partial charge in [-0.2, -0.15) is 12.7 Å². The minimum absolute atomic E-state index is 0.0253. The first kappa shape index (κ1) is 18.3. The van der Waals surface area contributed by atoms with Crippen molar-refractivity contribution in [2.24, 2.45) is 5.14 Å². The number of aromatic nitrogens is 1. The molecule has 0 saturated carbocycles. The van der Waals surface area contributed by atoms with E-state index in [1.165, 1.54) is 16.4 Å². The standard InChI is InChI=1S/C14H20N4O5S2/c1-2-24(19,20)11-3-4-13-12(9-11)16-14(23-13)10-17-5-7-18(8-6-17)25(15,21)22/h3-4,9H,2,5-8,10H2,1H3,(H2,15,21,22). The smallest absolute Gasteiger partial charge is 0.276 e. The maximum atomic E-state index is 11.9. The van der Waals surface area contributed by atoms with E-state index in [-0.39, 0.29) is 10.6 Å². The molecule has 25 heavy (non-hydrogen) atoms. The van der Waals surface area contributed by atoms with Crippen LogP contribution in [0.4, 0.5) is 0 Å². The summed E-state index contributed by atoms with van der Waals surface area (Å²) >= 11 is 0. The van der Waals surface area contributed by atoms with Gasteiger partial charge in [-0.1, -0.05) is 6.92 Å². The monoisotopic (exact) mass is 388 g/mol. The van der Waals surface area contributed by atoms with Crippen LogP contribution in [0, 0.1) is 0 Å². The first-order valence-corrected chi connectivity index (χ1v) is 11.0. The van der Waals surface area contributed by atoms with E-state index in [1.807, 2.05) is 4.90 Å². The Morgan fingerprint density at radius 1 is 1.16 bits per heavy atom. The van der Waals surface area contributed by atoms with E-state index in [1.54, 1.807) is 13.0 Å². The first-order valence-electron chi connectivity index (χ1n) is 7.81. The second-order valence-corrected chi connectivity index (χ2v) is 9.69. The Hall–Kier alpha value is -1.53. The molecule has 11 heteroatoms. The lowest BCUT2D eigenvalue weighted by Crippen LogP contribution is -2.50. The molecule has 1 aliphatic rings. The molecule has 1 aliphatic heterocycles. The van der Waals surface area contributed by atoms with E-state index in [0.717, 1.165) is 0 Å². The summed E-state index contributed by atoms with van der Waals surface area (Å²) in [6, 6.07) is 4.63. The molecule has 2 N–H and O–H groups in total. The average molecular weight is 388 g/mol. The van der Waals surface area contributed by atoms with E-state index in [2.05, 4.69) is 4.98 Å². The summed E-state index contributed by atoms with van der Waals surface area (Å²) in [5, 5.41) is 5.12. The molecule has 1 fully saturated rings. The van der Waals surface area contributed by atoms with Gasteiger partial charge in [-0.25, -0.2) is 18.5 Å². The number of nitrogens with two attached hydrogens (primary N) is 1. The van der Waals surface area contributed by atoms with Gasteiger partial charge in [0.15, 0.2) is 15.4 Å². The van der Waals surface area contributed by atoms with Crippen LogP contribution in [0.15, 0.2) is 27.5 Å². The highest BCUT2D eigenvalue weighted by Crippen LogP contribution is 2.22. The van der Waals surface area contributed by atoms with Gasteiger partial charge in [0.25, 0.3) is 10.2 Å². The largest absolute Gasteiger partial charge is 0.439 e. The molecule has 0 amide bonds. The highest BCUT2D eigenvalue weighted by atomic mass is 32.2. The van der Waals surface area contributed by atoms with Gasteiger partial charge in [0.05, 0.1) is 17.2 Å². The molecule has 0 radical (unpaired) electrons. The fourth-order valence-corrected chi connectivity index (χ4v) is 4.29. The van der Waals surface area contributed by atoms with Gasteiger partial charge < -0.3 is 4.42 Å². The predicted octanol–water partition coefficient (Wildman–Crippen LogP) is -0.0575. The highest BCUT2D eigenvalue weighted by Gasteiger charge is 2.25. The van der Waals surface area contributed by atoms with Crippen LogP contribution >= 0.6 is 0 Å². The van der Waals surface area contributed by atoms with Crippen molar-refractivity contribution in [3.05, 3.63) is 24.1 Å². The van der Waals surface area contributed by atoms with Gasteiger partial charge in [-0.15, -0.1) is 0 Å². The fourth-order valence-electron chi connectivity index (χ4n) is 2.72. The van der Waals surface area contributed by atoms with E-state index in [9.17, 15) is 16.8 Å². The zero-order chi connectivity index (χ0) is 18.2. The third-order valence-electron chi connectivity index (χ3n) is 4.19. The number of benzene rings is 1. The van der Waals surface area contributed by atoms with E-state index in [0.29, 0.717) is 49.7 Å². The summed E-state index contributed by atoms with van der Waals surface area (Å²) in [4.78, 5) is 6.59. The Morgan fingerprint density at radius 3 is 2.44 bits per heavy atom. The molecule has 0 bridgehead atoms. The summed E-state index contributed by atoms with van der Waals surface area (Å²) in [7, 11) is -6.95. The second-order valence-electron chi connectivity index (χ2n) is 5.86. The predicted molar refractivity (Wildman–Crippen MR) is 91.7 cm³/mol. The highest BCUT2D eigenvalue weighted by molar-refractivity contribution is 7.91. The number of sulfone groups is 1. The van der Waals surface area contributed by atoms with E-state index in [4.69, 9.17) is 9.56 Å². The molecular weight excluding hydrogens is 368 g/mol. The van der Waals surface area contributed by atoms with Gasteiger partial charge in [-0.3, -0.25) is 4.90 Å². The number of hydrogen-bond donors (Lipinski definition) is 1.